The fraction of sp³-hybridized carbons (Fsp3) is 0.250. The van der Waals surface area contributed by atoms with Crippen LogP contribution in [0.2, 0.25) is 0 Å². The maximum Gasteiger partial charge on any atom is 0.248 e. The summed E-state index contributed by atoms with van der Waals surface area (Å²) in [6.45, 7) is 4.24. The summed E-state index contributed by atoms with van der Waals surface area (Å²) in [5.41, 5.74) is 0.911. The molecule has 0 saturated carbocycles. The molecule has 1 heterocycles. The van der Waals surface area contributed by atoms with E-state index < -0.39 is 0 Å². The van der Waals surface area contributed by atoms with E-state index in [1.807, 2.05) is 62.4 Å². The van der Waals surface area contributed by atoms with Gasteiger partial charge >= 0.3 is 0 Å². The van der Waals surface area contributed by atoms with E-state index in [0.29, 0.717) is 0 Å². The first-order valence-electron chi connectivity index (χ1n) is 6.69. The maximum absolute atomic E-state index is 12.5. The number of anilines is 1. The molecule has 1 aromatic rings. The summed E-state index contributed by atoms with van der Waals surface area (Å²) in [7, 11) is 0. The molecule has 1 aromatic carbocycles. The van der Waals surface area contributed by atoms with Crippen molar-refractivity contribution in [2.75, 3.05) is 11.4 Å². The number of carbonyl (C=O) groups excluding carboxylic acids is 1. The Balaban J connectivity index is 2.12. The van der Waals surface area contributed by atoms with E-state index in [0.717, 1.165) is 5.69 Å². The molecule has 0 N–H and O–H groups in total. The molecule has 0 radical (unpaired) electrons. The second-order valence-electron chi connectivity index (χ2n) is 4.78. The van der Waals surface area contributed by atoms with Crippen LogP contribution in [-0.2, 0) is 4.79 Å². The van der Waals surface area contributed by atoms with Gasteiger partial charge in [0.25, 0.3) is 0 Å². The fourth-order valence-electron chi connectivity index (χ4n) is 2.05. The van der Waals surface area contributed by atoms with E-state index >= 15 is 0 Å². The highest BCUT2D eigenvalue weighted by molar-refractivity contribution is 5.95. The molecule has 20 heavy (non-hydrogen) atoms. The molecule has 1 aliphatic rings. The van der Waals surface area contributed by atoms with E-state index in [1.54, 1.807) is 22.3 Å². The summed E-state index contributed by atoms with van der Waals surface area (Å²) >= 11 is 0. The van der Waals surface area contributed by atoms with Crippen LogP contribution in [0.4, 0.5) is 5.69 Å². The first kappa shape index (κ1) is 14.1. The second kappa shape index (κ2) is 6.70. The second-order valence-corrected chi connectivity index (χ2v) is 4.78. The normalized spacial score (nSPS) is 13.7. The minimum atomic E-state index is 0.0231. The Morgan fingerprint density at radius 1 is 1.20 bits per heavy atom. The Hall–Kier alpha value is -2.36. The van der Waals surface area contributed by atoms with Gasteiger partial charge < -0.3 is 4.90 Å². The van der Waals surface area contributed by atoms with Gasteiger partial charge in [-0.05, 0) is 38.1 Å². The number of rotatable bonds is 4. The lowest BCUT2D eigenvalue weighted by molar-refractivity contribution is -0.119. The lowest BCUT2D eigenvalue weighted by Crippen LogP contribution is -2.41. The van der Waals surface area contributed by atoms with Gasteiger partial charge in [-0.15, -0.1) is 0 Å². The molecular weight excluding hydrogens is 250 g/mol. The summed E-state index contributed by atoms with van der Waals surface area (Å²) in [6, 6.07) is 9.81. The van der Waals surface area contributed by atoms with E-state index in [2.05, 4.69) is 5.10 Å². The van der Waals surface area contributed by atoms with Crippen LogP contribution in [0.15, 0.2) is 59.9 Å². The minimum absolute atomic E-state index is 0.0231. The third-order valence-corrected chi connectivity index (χ3v) is 2.90. The predicted molar refractivity (Wildman–Crippen MR) is 82.5 cm³/mol. The molecule has 0 saturated heterocycles. The standard InChI is InChI=1S/C16H19N3O/c1-14(2)19(15-9-5-3-6-10-15)16(20)13-18-12-8-4-7-11-17-18/h3-12,14H,13H2,1-2H3. The van der Waals surface area contributed by atoms with E-state index in [4.69, 9.17) is 0 Å². The first-order valence-corrected chi connectivity index (χ1v) is 6.69. The van der Waals surface area contributed by atoms with Crippen molar-refractivity contribution in [3.8, 4) is 0 Å². The smallest absolute Gasteiger partial charge is 0.248 e. The molecule has 4 nitrogen and oxygen atoms in total. The van der Waals surface area contributed by atoms with Crippen molar-refractivity contribution in [3.63, 3.8) is 0 Å². The average Bonchev–Trinajstić information content (AvgIpc) is 2.68. The summed E-state index contributed by atoms with van der Waals surface area (Å²) in [5.74, 6) is 0.0231. The van der Waals surface area contributed by atoms with Crippen molar-refractivity contribution in [1.82, 2.24) is 5.01 Å². The Morgan fingerprint density at radius 3 is 2.65 bits per heavy atom. The summed E-state index contributed by atoms with van der Waals surface area (Å²) < 4.78 is 0. The van der Waals surface area contributed by atoms with Crippen LogP contribution in [0.5, 0.6) is 0 Å². The van der Waals surface area contributed by atoms with E-state index in [1.165, 1.54) is 0 Å². The lowest BCUT2D eigenvalue weighted by Gasteiger charge is -2.28. The Labute approximate surface area is 119 Å². The Morgan fingerprint density at radius 2 is 1.95 bits per heavy atom. The zero-order chi connectivity index (χ0) is 14.4. The molecule has 104 valence electrons. The van der Waals surface area contributed by atoms with Crippen LogP contribution in [0, 0.1) is 0 Å². The molecule has 0 atom stereocenters. The van der Waals surface area contributed by atoms with E-state index in [-0.39, 0.29) is 18.5 Å². The van der Waals surface area contributed by atoms with E-state index in [9.17, 15) is 4.79 Å². The molecule has 1 amide bonds. The maximum atomic E-state index is 12.5. The average molecular weight is 269 g/mol. The quantitative estimate of drug-likeness (QED) is 0.842. The number of allylic oxidation sites excluding steroid dienone is 3. The molecule has 0 spiro atoms. The summed E-state index contributed by atoms with van der Waals surface area (Å²) in [6.07, 6.45) is 9.04. The van der Waals surface area contributed by atoms with Crippen molar-refractivity contribution >= 4 is 17.8 Å². The van der Waals surface area contributed by atoms with Gasteiger partial charge in [-0.3, -0.25) is 9.80 Å². The van der Waals surface area contributed by atoms with Crippen LogP contribution in [-0.4, -0.2) is 29.7 Å². The van der Waals surface area contributed by atoms with Gasteiger partial charge in [-0.2, -0.15) is 5.10 Å². The largest absolute Gasteiger partial charge is 0.308 e. The predicted octanol–water partition coefficient (Wildman–Crippen LogP) is 2.80. The van der Waals surface area contributed by atoms with Crippen LogP contribution in [0.3, 0.4) is 0 Å². The molecule has 0 unspecified atom stereocenters. The van der Waals surface area contributed by atoms with Crippen LogP contribution in [0.25, 0.3) is 0 Å². The van der Waals surface area contributed by atoms with Crippen molar-refractivity contribution in [2.45, 2.75) is 19.9 Å². The van der Waals surface area contributed by atoms with Gasteiger partial charge in [0.1, 0.15) is 6.54 Å². The van der Waals surface area contributed by atoms with Crippen molar-refractivity contribution in [2.24, 2.45) is 5.10 Å². The third-order valence-electron chi connectivity index (χ3n) is 2.90. The molecule has 0 aliphatic carbocycles. The minimum Gasteiger partial charge on any atom is -0.308 e. The number of hydrazone groups is 1. The number of hydrogen-bond acceptors (Lipinski definition) is 3. The molecule has 4 heteroatoms. The SMILES string of the molecule is CC(C)N(C(=O)CN1C=CC=CC=N1)c1ccccc1. The van der Waals surface area contributed by atoms with Crippen molar-refractivity contribution < 1.29 is 4.79 Å². The molecule has 2 rings (SSSR count). The molecule has 0 aromatic heterocycles. The summed E-state index contributed by atoms with van der Waals surface area (Å²) in [4.78, 5) is 14.3. The monoisotopic (exact) mass is 269 g/mol. The zero-order valence-electron chi connectivity index (χ0n) is 11.8. The number of benzene rings is 1. The highest BCUT2D eigenvalue weighted by atomic mass is 16.2. The van der Waals surface area contributed by atoms with Gasteiger partial charge in [0.15, 0.2) is 0 Å². The van der Waals surface area contributed by atoms with Gasteiger partial charge in [0.05, 0.1) is 0 Å². The summed E-state index contributed by atoms with van der Waals surface area (Å²) in [5, 5.41) is 5.83. The van der Waals surface area contributed by atoms with Crippen LogP contribution >= 0.6 is 0 Å². The third kappa shape index (κ3) is 3.57. The van der Waals surface area contributed by atoms with Crippen LogP contribution in [0.1, 0.15) is 13.8 Å². The highest BCUT2D eigenvalue weighted by Crippen LogP contribution is 2.17. The van der Waals surface area contributed by atoms with Gasteiger partial charge in [-0.25, -0.2) is 0 Å². The molecule has 0 bridgehead atoms. The molecule has 1 aliphatic heterocycles. The molecular formula is C16H19N3O. The Bertz CT molecular complexity index is 516. The van der Waals surface area contributed by atoms with Gasteiger partial charge in [0.2, 0.25) is 5.91 Å². The number of carbonyl (C=O) groups is 1. The number of para-hydroxylation sites is 1. The van der Waals surface area contributed by atoms with Gasteiger partial charge in [0, 0.05) is 24.1 Å². The number of amides is 1. The zero-order valence-corrected chi connectivity index (χ0v) is 11.8. The van der Waals surface area contributed by atoms with Crippen molar-refractivity contribution in [1.29, 1.82) is 0 Å². The van der Waals surface area contributed by atoms with Crippen molar-refractivity contribution in [3.05, 3.63) is 54.8 Å². The topological polar surface area (TPSA) is 35.9 Å². The number of nitrogens with zero attached hydrogens (tertiary/aromatic N) is 3. The lowest BCUT2D eigenvalue weighted by atomic mass is 10.2. The van der Waals surface area contributed by atoms with Crippen LogP contribution < -0.4 is 4.90 Å². The first-order chi connectivity index (χ1) is 9.68. The number of hydrogen-bond donors (Lipinski definition) is 0. The molecule has 0 fully saturated rings. The Kier molecular flexibility index (Phi) is 4.71. The van der Waals surface area contributed by atoms with Gasteiger partial charge in [-0.1, -0.05) is 24.3 Å². The fourth-order valence-corrected chi connectivity index (χ4v) is 2.05. The highest BCUT2D eigenvalue weighted by Gasteiger charge is 2.20.